The first-order chi connectivity index (χ1) is 7.15. The fourth-order valence-electron chi connectivity index (χ4n) is 1.18. The molecule has 0 aliphatic rings. The lowest BCUT2D eigenvalue weighted by atomic mass is 10.1. The van der Waals surface area contributed by atoms with Crippen molar-refractivity contribution in [2.75, 3.05) is 11.9 Å². The molecule has 1 N–H and O–H groups in total. The van der Waals surface area contributed by atoms with E-state index in [-0.39, 0.29) is 5.78 Å². The van der Waals surface area contributed by atoms with Crippen molar-refractivity contribution in [2.24, 2.45) is 0 Å². The highest BCUT2D eigenvalue weighted by atomic mass is 16.5. The monoisotopic (exact) mass is 207 g/mol. The van der Waals surface area contributed by atoms with Crippen LogP contribution in [0, 0.1) is 0 Å². The number of ketones is 1. The molecule has 0 atom stereocenters. The number of para-hydroxylation sites is 1. The summed E-state index contributed by atoms with van der Waals surface area (Å²) in [6.45, 7) is 3.47. The van der Waals surface area contributed by atoms with E-state index in [2.05, 4.69) is 5.32 Å². The van der Waals surface area contributed by atoms with Gasteiger partial charge in [-0.15, -0.1) is 0 Å². The Morgan fingerprint density at radius 3 is 2.60 bits per heavy atom. The van der Waals surface area contributed by atoms with Gasteiger partial charge in [0.2, 0.25) is 0 Å². The largest absolute Gasteiger partial charge is 0.450 e. The molecule has 4 heteroatoms. The molecule has 0 aromatic heterocycles. The van der Waals surface area contributed by atoms with Gasteiger partial charge in [-0.2, -0.15) is 0 Å². The number of carbonyl (C=O) groups excluding carboxylic acids is 2. The van der Waals surface area contributed by atoms with Crippen LogP contribution < -0.4 is 5.32 Å². The molecular weight excluding hydrogens is 194 g/mol. The quantitative estimate of drug-likeness (QED) is 0.774. The Labute approximate surface area is 88.2 Å². The van der Waals surface area contributed by atoms with Gasteiger partial charge in [0.25, 0.3) is 0 Å². The Balaban J connectivity index is 2.84. The van der Waals surface area contributed by atoms with E-state index in [4.69, 9.17) is 4.74 Å². The van der Waals surface area contributed by atoms with E-state index in [0.717, 1.165) is 0 Å². The highest BCUT2D eigenvalue weighted by molar-refractivity contribution is 6.02. The Morgan fingerprint density at radius 2 is 2.00 bits per heavy atom. The van der Waals surface area contributed by atoms with Crippen LogP contribution in [0.15, 0.2) is 24.3 Å². The van der Waals surface area contributed by atoms with Crippen molar-refractivity contribution in [1.29, 1.82) is 0 Å². The summed E-state index contributed by atoms with van der Waals surface area (Å²) in [5, 5.41) is 2.51. The molecule has 1 aromatic carbocycles. The molecule has 0 spiro atoms. The maximum Gasteiger partial charge on any atom is 0.411 e. The minimum absolute atomic E-state index is 0.0950. The van der Waals surface area contributed by atoms with E-state index in [1.807, 2.05) is 0 Å². The number of ether oxygens (including phenoxy) is 1. The molecule has 0 saturated heterocycles. The van der Waals surface area contributed by atoms with Gasteiger partial charge in [0.05, 0.1) is 12.3 Å². The molecule has 0 aliphatic heterocycles. The lowest BCUT2D eigenvalue weighted by molar-refractivity contribution is 0.101. The van der Waals surface area contributed by atoms with Crippen molar-refractivity contribution in [1.82, 2.24) is 0 Å². The first kappa shape index (κ1) is 11.2. The Kier molecular flexibility index (Phi) is 3.85. The highest BCUT2D eigenvalue weighted by Crippen LogP contribution is 2.15. The van der Waals surface area contributed by atoms with Crippen molar-refractivity contribution in [2.45, 2.75) is 13.8 Å². The molecule has 0 radical (unpaired) electrons. The van der Waals surface area contributed by atoms with Crippen LogP contribution in [0.5, 0.6) is 0 Å². The number of anilines is 1. The molecule has 0 unspecified atom stereocenters. The molecule has 0 fully saturated rings. The fraction of sp³-hybridized carbons (Fsp3) is 0.273. The van der Waals surface area contributed by atoms with Gasteiger partial charge in [0.15, 0.2) is 5.78 Å². The zero-order valence-corrected chi connectivity index (χ0v) is 8.74. The van der Waals surface area contributed by atoms with Crippen molar-refractivity contribution >= 4 is 17.6 Å². The predicted molar refractivity (Wildman–Crippen MR) is 57.1 cm³/mol. The van der Waals surface area contributed by atoms with Gasteiger partial charge in [0, 0.05) is 5.56 Å². The molecule has 80 valence electrons. The van der Waals surface area contributed by atoms with Crippen LogP contribution in [0.4, 0.5) is 10.5 Å². The van der Waals surface area contributed by atoms with Crippen LogP contribution in [0.2, 0.25) is 0 Å². The van der Waals surface area contributed by atoms with E-state index >= 15 is 0 Å². The van der Waals surface area contributed by atoms with E-state index in [9.17, 15) is 9.59 Å². The van der Waals surface area contributed by atoms with E-state index in [1.54, 1.807) is 31.2 Å². The number of amides is 1. The number of Topliss-reactive ketones (excluding diaryl/α,β-unsaturated/α-hetero) is 1. The summed E-state index contributed by atoms with van der Waals surface area (Å²) >= 11 is 0. The van der Waals surface area contributed by atoms with Gasteiger partial charge in [-0.05, 0) is 26.0 Å². The fourth-order valence-corrected chi connectivity index (χ4v) is 1.18. The minimum Gasteiger partial charge on any atom is -0.450 e. The van der Waals surface area contributed by atoms with Gasteiger partial charge < -0.3 is 4.74 Å². The summed E-state index contributed by atoms with van der Waals surface area (Å²) in [4.78, 5) is 22.4. The first-order valence-electron chi connectivity index (χ1n) is 4.69. The van der Waals surface area contributed by atoms with Gasteiger partial charge in [-0.1, -0.05) is 12.1 Å². The summed E-state index contributed by atoms with van der Waals surface area (Å²) in [6, 6.07) is 6.80. The number of hydrogen-bond acceptors (Lipinski definition) is 3. The average molecular weight is 207 g/mol. The summed E-state index contributed by atoms with van der Waals surface area (Å²) in [7, 11) is 0. The second-order valence-corrected chi connectivity index (χ2v) is 2.95. The second kappa shape index (κ2) is 5.14. The number of rotatable bonds is 3. The molecule has 15 heavy (non-hydrogen) atoms. The molecule has 4 nitrogen and oxygen atoms in total. The third kappa shape index (κ3) is 3.09. The lowest BCUT2D eigenvalue weighted by Gasteiger charge is -2.08. The molecule has 1 aromatic rings. The van der Waals surface area contributed by atoms with E-state index in [1.165, 1.54) is 6.92 Å². The second-order valence-electron chi connectivity index (χ2n) is 2.95. The molecule has 0 aliphatic carbocycles. The van der Waals surface area contributed by atoms with Gasteiger partial charge >= 0.3 is 6.09 Å². The molecule has 0 saturated carbocycles. The maximum absolute atomic E-state index is 11.2. The van der Waals surface area contributed by atoms with Gasteiger partial charge in [0.1, 0.15) is 0 Å². The number of carbonyl (C=O) groups is 2. The Bertz CT molecular complexity index is 374. The maximum atomic E-state index is 11.2. The van der Waals surface area contributed by atoms with Crippen molar-refractivity contribution in [3.63, 3.8) is 0 Å². The summed E-state index contributed by atoms with van der Waals surface area (Å²) in [6.07, 6.45) is -0.550. The third-order valence-corrected chi connectivity index (χ3v) is 1.82. The van der Waals surface area contributed by atoms with Gasteiger partial charge in [-0.25, -0.2) is 4.79 Å². The Hall–Kier alpha value is -1.84. The minimum atomic E-state index is -0.550. The van der Waals surface area contributed by atoms with Crippen molar-refractivity contribution in [3.8, 4) is 0 Å². The summed E-state index contributed by atoms with van der Waals surface area (Å²) < 4.78 is 4.72. The van der Waals surface area contributed by atoms with Crippen LogP contribution >= 0.6 is 0 Å². The SMILES string of the molecule is CCOC(=O)Nc1ccccc1C(C)=O. The number of benzene rings is 1. The normalized spacial score (nSPS) is 9.47. The number of hydrogen-bond donors (Lipinski definition) is 1. The average Bonchev–Trinajstić information content (AvgIpc) is 2.18. The summed E-state index contributed by atoms with van der Waals surface area (Å²) in [5.41, 5.74) is 0.953. The predicted octanol–water partition coefficient (Wildman–Crippen LogP) is 2.46. The molecule has 1 rings (SSSR count). The van der Waals surface area contributed by atoms with Crippen LogP contribution in [-0.2, 0) is 4.74 Å². The van der Waals surface area contributed by atoms with Crippen LogP contribution in [0.25, 0.3) is 0 Å². The highest BCUT2D eigenvalue weighted by Gasteiger charge is 2.09. The van der Waals surface area contributed by atoms with Crippen LogP contribution in [0.1, 0.15) is 24.2 Å². The topological polar surface area (TPSA) is 55.4 Å². The summed E-state index contributed by atoms with van der Waals surface area (Å²) in [5.74, 6) is -0.0950. The molecule has 1 amide bonds. The third-order valence-electron chi connectivity index (χ3n) is 1.82. The number of nitrogens with one attached hydrogen (secondary N) is 1. The van der Waals surface area contributed by atoms with Crippen LogP contribution in [-0.4, -0.2) is 18.5 Å². The van der Waals surface area contributed by atoms with Crippen molar-refractivity contribution in [3.05, 3.63) is 29.8 Å². The van der Waals surface area contributed by atoms with Crippen molar-refractivity contribution < 1.29 is 14.3 Å². The first-order valence-corrected chi connectivity index (χ1v) is 4.69. The van der Waals surface area contributed by atoms with E-state index < -0.39 is 6.09 Å². The molecule has 0 bridgehead atoms. The lowest BCUT2D eigenvalue weighted by Crippen LogP contribution is -2.15. The van der Waals surface area contributed by atoms with Gasteiger partial charge in [-0.3, -0.25) is 10.1 Å². The Morgan fingerprint density at radius 1 is 1.33 bits per heavy atom. The molecule has 0 heterocycles. The zero-order chi connectivity index (χ0) is 11.3. The molecular formula is C11H13NO3. The van der Waals surface area contributed by atoms with Crippen LogP contribution in [0.3, 0.4) is 0 Å². The standard InChI is InChI=1S/C11H13NO3/c1-3-15-11(14)12-10-7-5-4-6-9(10)8(2)13/h4-7H,3H2,1-2H3,(H,12,14). The van der Waals surface area contributed by atoms with E-state index in [0.29, 0.717) is 17.9 Å². The smallest absolute Gasteiger partial charge is 0.411 e. The zero-order valence-electron chi connectivity index (χ0n) is 8.74.